The summed E-state index contributed by atoms with van der Waals surface area (Å²) in [4.78, 5) is -0.104. The second-order valence-electron chi connectivity index (χ2n) is 5.00. The lowest BCUT2D eigenvalue weighted by atomic mass is 10.1. The molecule has 5 nitrogen and oxygen atoms in total. The molecule has 6 heteroatoms. The van der Waals surface area contributed by atoms with E-state index in [4.69, 9.17) is 15.6 Å². The van der Waals surface area contributed by atoms with Crippen LogP contribution in [0.25, 0.3) is 0 Å². The molecule has 0 spiro atoms. The minimum absolute atomic E-state index is 0.0676. The summed E-state index contributed by atoms with van der Waals surface area (Å²) in [6.07, 6.45) is 0. The highest BCUT2D eigenvalue weighted by Crippen LogP contribution is 2.32. The maximum Gasteiger partial charge on any atom is 0.240 e. The van der Waals surface area contributed by atoms with E-state index in [1.165, 1.54) is 18.2 Å². The van der Waals surface area contributed by atoms with E-state index in [0.717, 1.165) is 22.4 Å². The number of hydrogen-bond donors (Lipinski definition) is 2. The number of benzene rings is 2. The lowest BCUT2D eigenvalue weighted by molar-refractivity contribution is 0.474. The summed E-state index contributed by atoms with van der Waals surface area (Å²) in [6, 6.07) is 8.34. The van der Waals surface area contributed by atoms with Crippen molar-refractivity contribution in [1.82, 2.24) is 0 Å². The zero-order valence-electron chi connectivity index (χ0n) is 12.2. The molecule has 0 aliphatic carbocycles. The molecule has 0 aliphatic heterocycles. The van der Waals surface area contributed by atoms with Gasteiger partial charge in [-0.05, 0) is 49.6 Å². The van der Waals surface area contributed by atoms with Crippen LogP contribution in [-0.4, -0.2) is 8.42 Å². The van der Waals surface area contributed by atoms with Crippen LogP contribution in [0.2, 0.25) is 0 Å². The van der Waals surface area contributed by atoms with Crippen molar-refractivity contribution in [2.24, 2.45) is 5.14 Å². The molecule has 0 atom stereocenters. The smallest absolute Gasteiger partial charge is 0.240 e. The van der Waals surface area contributed by atoms with E-state index in [2.05, 4.69) is 0 Å². The van der Waals surface area contributed by atoms with Gasteiger partial charge in [0.25, 0.3) is 0 Å². The topological polar surface area (TPSA) is 95.4 Å². The largest absolute Gasteiger partial charge is 0.457 e. The third kappa shape index (κ3) is 3.17. The molecule has 2 aromatic rings. The predicted molar refractivity (Wildman–Crippen MR) is 83.0 cm³/mol. The molecule has 0 bridgehead atoms. The Kier molecular flexibility index (Phi) is 3.93. The van der Waals surface area contributed by atoms with Crippen molar-refractivity contribution in [3.63, 3.8) is 0 Å². The third-order valence-corrected chi connectivity index (χ3v) is 4.37. The molecule has 112 valence electrons. The van der Waals surface area contributed by atoms with E-state index in [-0.39, 0.29) is 10.6 Å². The molecule has 0 aliphatic rings. The number of hydrogen-bond acceptors (Lipinski definition) is 4. The SMILES string of the molecule is Cc1ccc(C)c(Oc2ccc(S(N)(=O)=O)c(N)c2)c1C. The van der Waals surface area contributed by atoms with Crippen LogP contribution >= 0.6 is 0 Å². The van der Waals surface area contributed by atoms with Crippen LogP contribution in [-0.2, 0) is 10.0 Å². The summed E-state index contributed by atoms with van der Waals surface area (Å²) in [5.74, 6) is 1.22. The fraction of sp³-hybridized carbons (Fsp3) is 0.200. The molecule has 21 heavy (non-hydrogen) atoms. The summed E-state index contributed by atoms with van der Waals surface area (Å²) in [5.41, 5.74) is 8.94. The van der Waals surface area contributed by atoms with E-state index in [9.17, 15) is 8.42 Å². The van der Waals surface area contributed by atoms with Crippen molar-refractivity contribution in [1.29, 1.82) is 0 Å². The maximum atomic E-state index is 11.3. The molecule has 2 rings (SSSR count). The Bertz CT molecular complexity index is 799. The Labute approximate surface area is 124 Å². The molecule has 0 saturated carbocycles. The maximum absolute atomic E-state index is 11.3. The van der Waals surface area contributed by atoms with Gasteiger partial charge in [0.05, 0.1) is 5.69 Å². The van der Waals surface area contributed by atoms with Crippen LogP contribution < -0.4 is 15.6 Å². The lowest BCUT2D eigenvalue weighted by Gasteiger charge is -2.14. The molecule has 0 heterocycles. The van der Waals surface area contributed by atoms with Gasteiger partial charge in [-0.1, -0.05) is 12.1 Å². The molecule has 0 aromatic heterocycles. The second kappa shape index (κ2) is 5.38. The fourth-order valence-electron chi connectivity index (χ4n) is 2.05. The fourth-order valence-corrected chi connectivity index (χ4v) is 2.69. The van der Waals surface area contributed by atoms with Crippen LogP contribution in [0.15, 0.2) is 35.2 Å². The van der Waals surface area contributed by atoms with Crippen molar-refractivity contribution in [3.05, 3.63) is 47.0 Å². The highest BCUT2D eigenvalue weighted by molar-refractivity contribution is 7.89. The summed E-state index contributed by atoms with van der Waals surface area (Å²) < 4.78 is 28.5. The van der Waals surface area contributed by atoms with Gasteiger partial charge in [0, 0.05) is 6.07 Å². The summed E-state index contributed by atoms with van der Waals surface area (Å²) in [7, 11) is -3.83. The number of anilines is 1. The van der Waals surface area contributed by atoms with Gasteiger partial charge >= 0.3 is 0 Å². The van der Waals surface area contributed by atoms with Gasteiger partial charge in [0.1, 0.15) is 16.4 Å². The minimum atomic E-state index is -3.83. The molecular weight excluding hydrogens is 288 g/mol. The Morgan fingerprint density at radius 2 is 1.62 bits per heavy atom. The summed E-state index contributed by atoms with van der Waals surface area (Å²) in [6.45, 7) is 5.92. The number of nitrogen functional groups attached to an aromatic ring is 1. The zero-order valence-corrected chi connectivity index (χ0v) is 13.0. The van der Waals surface area contributed by atoms with Gasteiger partial charge in [-0.25, -0.2) is 13.6 Å². The monoisotopic (exact) mass is 306 g/mol. The normalized spacial score (nSPS) is 11.4. The molecule has 0 fully saturated rings. The molecule has 0 saturated heterocycles. The Balaban J connectivity index is 2.43. The first-order chi connectivity index (χ1) is 9.70. The molecule has 0 amide bonds. The van der Waals surface area contributed by atoms with E-state index in [1.54, 1.807) is 0 Å². The van der Waals surface area contributed by atoms with Gasteiger partial charge in [0.2, 0.25) is 10.0 Å². The van der Waals surface area contributed by atoms with Gasteiger partial charge in [-0.15, -0.1) is 0 Å². The predicted octanol–water partition coefficient (Wildman–Crippen LogP) is 2.63. The molecular formula is C15H18N2O3S. The van der Waals surface area contributed by atoms with Gasteiger partial charge in [-0.3, -0.25) is 0 Å². The number of ether oxygens (including phenoxy) is 1. The zero-order chi connectivity index (χ0) is 15.8. The first-order valence-electron chi connectivity index (χ1n) is 6.37. The quantitative estimate of drug-likeness (QED) is 0.852. The van der Waals surface area contributed by atoms with Crippen LogP contribution in [0, 0.1) is 20.8 Å². The first-order valence-corrected chi connectivity index (χ1v) is 7.92. The Morgan fingerprint density at radius 3 is 2.19 bits per heavy atom. The summed E-state index contributed by atoms with van der Waals surface area (Å²) in [5, 5.41) is 5.08. The van der Waals surface area contributed by atoms with E-state index >= 15 is 0 Å². The van der Waals surface area contributed by atoms with Crippen molar-refractivity contribution < 1.29 is 13.2 Å². The third-order valence-electron chi connectivity index (χ3n) is 3.38. The van der Waals surface area contributed by atoms with E-state index in [1.807, 2.05) is 32.9 Å². The minimum Gasteiger partial charge on any atom is -0.457 e. The molecule has 2 aromatic carbocycles. The van der Waals surface area contributed by atoms with Crippen molar-refractivity contribution in [3.8, 4) is 11.5 Å². The lowest BCUT2D eigenvalue weighted by Crippen LogP contribution is -2.14. The first kappa shape index (κ1) is 15.3. The van der Waals surface area contributed by atoms with Gasteiger partial charge < -0.3 is 10.5 Å². The average molecular weight is 306 g/mol. The molecule has 4 N–H and O–H groups in total. The highest BCUT2D eigenvalue weighted by atomic mass is 32.2. The highest BCUT2D eigenvalue weighted by Gasteiger charge is 2.14. The number of primary sulfonamides is 1. The van der Waals surface area contributed by atoms with Crippen LogP contribution in [0.4, 0.5) is 5.69 Å². The van der Waals surface area contributed by atoms with Crippen LogP contribution in [0.3, 0.4) is 0 Å². The Morgan fingerprint density at radius 1 is 1.00 bits per heavy atom. The summed E-state index contributed by atoms with van der Waals surface area (Å²) >= 11 is 0. The number of rotatable bonds is 3. The number of sulfonamides is 1. The van der Waals surface area contributed by atoms with Gasteiger partial charge in [-0.2, -0.15) is 0 Å². The van der Waals surface area contributed by atoms with Crippen molar-refractivity contribution >= 4 is 15.7 Å². The van der Waals surface area contributed by atoms with Crippen molar-refractivity contribution in [2.45, 2.75) is 25.7 Å². The van der Waals surface area contributed by atoms with E-state index < -0.39 is 10.0 Å². The Hall–Kier alpha value is -2.05. The van der Waals surface area contributed by atoms with Gasteiger partial charge in [0.15, 0.2) is 0 Å². The van der Waals surface area contributed by atoms with Crippen molar-refractivity contribution in [2.75, 3.05) is 5.73 Å². The second-order valence-corrected chi connectivity index (χ2v) is 6.53. The average Bonchev–Trinajstić information content (AvgIpc) is 2.38. The standard InChI is InChI=1S/C15H18N2O3S/c1-9-4-5-10(2)15(11(9)3)20-12-6-7-14(13(16)8-12)21(17,18)19/h4-8H,16H2,1-3H3,(H2,17,18,19). The van der Waals surface area contributed by atoms with Crippen LogP contribution in [0.5, 0.6) is 11.5 Å². The number of aryl methyl sites for hydroxylation is 2. The van der Waals surface area contributed by atoms with E-state index in [0.29, 0.717) is 5.75 Å². The number of nitrogens with two attached hydrogens (primary N) is 2. The molecule has 0 radical (unpaired) electrons. The van der Waals surface area contributed by atoms with Crippen LogP contribution in [0.1, 0.15) is 16.7 Å². The molecule has 0 unspecified atom stereocenters.